The van der Waals surface area contributed by atoms with Gasteiger partial charge in [0, 0.05) is 17.5 Å². The molecule has 1 amide bonds. The summed E-state index contributed by atoms with van der Waals surface area (Å²) in [5.41, 5.74) is 7.68. The van der Waals surface area contributed by atoms with Gasteiger partial charge in [-0.05, 0) is 61.6 Å². The number of benzene rings is 1. The van der Waals surface area contributed by atoms with Gasteiger partial charge >= 0.3 is 0 Å². The quantitative estimate of drug-likeness (QED) is 0.601. The molecule has 3 aliphatic rings. The smallest absolute Gasteiger partial charge is 0.232 e. The maximum atomic E-state index is 13.1. The third-order valence-electron chi connectivity index (χ3n) is 7.34. The number of fused-ring (bicyclic) bond motifs is 3. The van der Waals surface area contributed by atoms with Crippen LogP contribution in [0, 0.1) is 5.41 Å². The van der Waals surface area contributed by atoms with E-state index in [9.17, 15) is 9.18 Å². The lowest BCUT2D eigenvalue weighted by atomic mass is 9.51. The summed E-state index contributed by atoms with van der Waals surface area (Å²) < 4.78 is 23.4. The zero-order valence-corrected chi connectivity index (χ0v) is 19.0. The third kappa shape index (κ3) is 4.85. The molecule has 0 saturated heterocycles. The molecular weight excluding hydrogens is 423 g/mol. The first kappa shape index (κ1) is 23.2. The molecule has 7 nitrogen and oxygen atoms in total. The lowest BCUT2D eigenvalue weighted by Crippen LogP contribution is -2.51. The van der Waals surface area contributed by atoms with Gasteiger partial charge in [-0.1, -0.05) is 12.1 Å². The van der Waals surface area contributed by atoms with E-state index in [0.29, 0.717) is 35.8 Å². The predicted octanol–water partition coefficient (Wildman–Crippen LogP) is 3.58. The monoisotopic (exact) mass is 454 g/mol. The number of nitrogens with two attached hydrogens (primary N) is 1. The Hall–Kier alpha value is -3.00. The van der Waals surface area contributed by atoms with E-state index >= 15 is 0 Å². The molecule has 0 radical (unpaired) electrons. The molecular formula is C25H31FN4O3. The molecule has 2 bridgehead atoms. The molecule has 0 unspecified atom stereocenters. The van der Waals surface area contributed by atoms with Gasteiger partial charge in [-0.3, -0.25) is 9.78 Å². The Balaban J connectivity index is 1.34. The van der Waals surface area contributed by atoms with Gasteiger partial charge in [-0.25, -0.2) is 9.37 Å². The standard InChI is InChI=1S/C25H31FN4O3/c1-32-22-16-28-14-20(30-22)15-29-23(31)25-9-6-24(7-10-25,8-11-25)19-2-4-21(5-3-19)33-17-18(12-26)13-27/h2-5,12,14,16H,6-11,13,15,17,27H2,1H3,(H,29,31)/b18-12+. The van der Waals surface area contributed by atoms with Gasteiger partial charge in [0.1, 0.15) is 12.4 Å². The molecule has 5 rings (SSSR count). The van der Waals surface area contributed by atoms with Gasteiger partial charge in [-0.15, -0.1) is 0 Å². The van der Waals surface area contributed by atoms with Crippen molar-refractivity contribution in [1.29, 1.82) is 0 Å². The molecule has 3 aliphatic carbocycles. The molecule has 0 atom stereocenters. The van der Waals surface area contributed by atoms with Crippen molar-refractivity contribution in [2.24, 2.45) is 11.1 Å². The molecule has 33 heavy (non-hydrogen) atoms. The van der Waals surface area contributed by atoms with Crippen LogP contribution < -0.4 is 20.5 Å². The van der Waals surface area contributed by atoms with Crippen LogP contribution >= 0.6 is 0 Å². The minimum atomic E-state index is -0.297. The minimum Gasteiger partial charge on any atom is -0.489 e. The highest BCUT2D eigenvalue weighted by Crippen LogP contribution is 2.57. The first-order valence-electron chi connectivity index (χ1n) is 11.4. The number of halogens is 1. The van der Waals surface area contributed by atoms with E-state index in [4.69, 9.17) is 15.2 Å². The molecule has 1 aromatic carbocycles. The number of amides is 1. The predicted molar refractivity (Wildman–Crippen MR) is 122 cm³/mol. The molecule has 0 aliphatic heterocycles. The molecule has 176 valence electrons. The Kier molecular flexibility index (Phi) is 6.93. The van der Waals surface area contributed by atoms with Crippen molar-refractivity contribution in [2.45, 2.75) is 50.5 Å². The van der Waals surface area contributed by atoms with E-state index in [-0.39, 0.29) is 29.9 Å². The number of carbonyl (C=O) groups excluding carboxylic acids is 1. The first-order chi connectivity index (χ1) is 16.0. The van der Waals surface area contributed by atoms with Crippen LogP contribution in [-0.4, -0.2) is 36.1 Å². The van der Waals surface area contributed by atoms with Crippen LogP contribution in [0.2, 0.25) is 0 Å². The molecule has 3 saturated carbocycles. The lowest BCUT2D eigenvalue weighted by Gasteiger charge is -2.52. The number of methoxy groups -OCH3 is 1. The van der Waals surface area contributed by atoms with E-state index in [1.807, 2.05) is 12.1 Å². The summed E-state index contributed by atoms with van der Waals surface area (Å²) >= 11 is 0. The third-order valence-corrected chi connectivity index (χ3v) is 7.34. The highest BCUT2D eigenvalue weighted by atomic mass is 19.1. The summed E-state index contributed by atoms with van der Waals surface area (Å²) in [4.78, 5) is 21.5. The van der Waals surface area contributed by atoms with Gasteiger partial charge in [-0.2, -0.15) is 0 Å². The van der Waals surface area contributed by atoms with Crippen molar-refractivity contribution in [3.05, 3.63) is 59.8 Å². The molecule has 0 spiro atoms. The molecule has 3 N–H and O–H groups in total. The zero-order chi connectivity index (χ0) is 23.3. The summed E-state index contributed by atoms with van der Waals surface area (Å²) in [5, 5.41) is 3.08. The normalized spacial score (nSPS) is 24.4. The number of nitrogens with one attached hydrogen (secondary N) is 1. The second-order valence-electron chi connectivity index (χ2n) is 9.08. The van der Waals surface area contributed by atoms with Crippen molar-refractivity contribution in [3.8, 4) is 11.6 Å². The SMILES string of the molecule is COc1cncc(CNC(=O)C23CCC(c4ccc(OC/C(=C/F)CN)cc4)(CC2)CC3)n1. The lowest BCUT2D eigenvalue weighted by molar-refractivity contribution is -0.138. The van der Waals surface area contributed by atoms with E-state index in [0.717, 1.165) is 38.5 Å². The fraction of sp³-hybridized carbons (Fsp3) is 0.480. The summed E-state index contributed by atoms with van der Waals surface area (Å²) in [6.07, 6.45) is 9.29. The fourth-order valence-corrected chi connectivity index (χ4v) is 5.10. The molecule has 2 aromatic rings. The Morgan fingerprint density at radius 1 is 1.15 bits per heavy atom. The van der Waals surface area contributed by atoms with Crippen LogP contribution in [0.15, 0.2) is 48.6 Å². The summed E-state index contributed by atoms with van der Waals surface area (Å²) in [5.74, 6) is 1.25. The second kappa shape index (κ2) is 9.87. The number of hydrogen-bond donors (Lipinski definition) is 2. The number of rotatable bonds is 9. The largest absolute Gasteiger partial charge is 0.489 e. The van der Waals surface area contributed by atoms with Crippen LogP contribution in [0.5, 0.6) is 11.6 Å². The first-order valence-corrected chi connectivity index (χ1v) is 11.4. The van der Waals surface area contributed by atoms with Gasteiger partial charge in [0.2, 0.25) is 11.8 Å². The van der Waals surface area contributed by atoms with Gasteiger partial charge in [0.25, 0.3) is 0 Å². The van der Waals surface area contributed by atoms with Crippen LogP contribution in [0.3, 0.4) is 0 Å². The van der Waals surface area contributed by atoms with E-state index < -0.39 is 0 Å². The van der Waals surface area contributed by atoms with Crippen molar-refractivity contribution in [3.63, 3.8) is 0 Å². The summed E-state index contributed by atoms with van der Waals surface area (Å²) in [6, 6.07) is 8.09. The summed E-state index contributed by atoms with van der Waals surface area (Å²) in [7, 11) is 1.55. The Morgan fingerprint density at radius 2 is 1.85 bits per heavy atom. The maximum Gasteiger partial charge on any atom is 0.232 e. The highest BCUT2D eigenvalue weighted by molar-refractivity contribution is 5.83. The number of hydrogen-bond acceptors (Lipinski definition) is 6. The minimum absolute atomic E-state index is 0.111. The van der Waals surface area contributed by atoms with Crippen molar-refractivity contribution in [1.82, 2.24) is 15.3 Å². The maximum absolute atomic E-state index is 13.1. The van der Waals surface area contributed by atoms with Crippen molar-refractivity contribution in [2.75, 3.05) is 20.3 Å². The van der Waals surface area contributed by atoms with Crippen LogP contribution in [-0.2, 0) is 16.8 Å². The van der Waals surface area contributed by atoms with Crippen LogP contribution in [0.25, 0.3) is 0 Å². The van der Waals surface area contributed by atoms with E-state index in [1.54, 1.807) is 19.5 Å². The highest BCUT2D eigenvalue weighted by Gasteiger charge is 2.52. The topological polar surface area (TPSA) is 99.4 Å². The van der Waals surface area contributed by atoms with Crippen LogP contribution in [0.4, 0.5) is 4.39 Å². The average Bonchev–Trinajstić information content (AvgIpc) is 2.89. The van der Waals surface area contributed by atoms with E-state index in [1.165, 1.54) is 5.56 Å². The molecule has 1 heterocycles. The Labute approximate surface area is 193 Å². The molecule has 3 fully saturated rings. The number of nitrogens with zero attached hydrogens (tertiary/aromatic N) is 2. The zero-order valence-electron chi connectivity index (χ0n) is 19.0. The van der Waals surface area contributed by atoms with Gasteiger partial charge in [0.05, 0.1) is 38.1 Å². The number of aromatic nitrogens is 2. The second-order valence-corrected chi connectivity index (χ2v) is 9.08. The summed E-state index contributed by atoms with van der Waals surface area (Å²) in [6.45, 7) is 0.636. The number of carbonyl (C=O) groups is 1. The molecule has 8 heteroatoms. The average molecular weight is 455 g/mol. The van der Waals surface area contributed by atoms with Gasteiger partial charge < -0.3 is 20.5 Å². The Morgan fingerprint density at radius 3 is 2.45 bits per heavy atom. The molecule has 1 aromatic heterocycles. The number of ether oxygens (including phenoxy) is 2. The van der Waals surface area contributed by atoms with E-state index in [2.05, 4.69) is 27.4 Å². The van der Waals surface area contributed by atoms with Gasteiger partial charge in [0.15, 0.2) is 0 Å². The van der Waals surface area contributed by atoms with Crippen molar-refractivity contribution >= 4 is 5.91 Å². The fourth-order valence-electron chi connectivity index (χ4n) is 5.10. The Bertz CT molecular complexity index is 984. The van der Waals surface area contributed by atoms with Crippen LogP contribution in [0.1, 0.15) is 49.8 Å². The van der Waals surface area contributed by atoms with Crippen molar-refractivity contribution < 1.29 is 18.7 Å².